The van der Waals surface area contributed by atoms with Gasteiger partial charge in [-0.15, -0.1) is 17.8 Å². The number of carbonyl (C=O) groups excluding carboxylic acids is 1. The Labute approximate surface area is 140 Å². The molecular formula is C16H11ClN2OS2. The minimum Gasteiger partial charge on any atom is -0.305 e. The normalized spacial score (nSPS) is 11.7. The maximum atomic E-state index is 12.2. The van der Waals surface area contributed by atoms with Gasteiger partial charge in [0.25, 0.3) is 5.91 Å². The van der Waals surface area contributed by atoms with E-state index in [-0.39, 0.29) is 12.3 Å². The Kier molecular flexibility index (Phi) is 4.44. The summed E-state index contributed by atoms with van der Waals surface area (Å²) in [5.74, 6) is 2.41. The summed E-state index contributed by atoms with van der Waals surface area (Å²) in [5.41, 5.74) is 0.996. The van der Waals surface area contributed by atoms with Crippen molar-refractivity contribution in [3.63, 3.8) is 0 Å². The van der Waals surface area contributed by atoms with Crippen molar-refractivity contribution < 1.29 is 4.79 Å². The molecule has 2 aromatic heterocycles. The summed E-state index contributed by atoms with van der Waals surface area (Å²) >= 11 is 8.74. The smallest absolute Gasteiger partial charge is 0.253 e. The average Bonchev–Trinajstić information content (AvgIpc) is 3.04. The zero-order valence-corrected chi connectivity index (χ0v) is 13.8. The van der Waals surface area contributed by atoms with Crippen LogP contribution in [-0.4, -0.2) is 10.5 Å². The molecule has 0 aliphatic rings. The molecule has 2 heterocycles. The Morgan fingerprint density at radius 2 is 2.09 bits per heavy atom. The van der Waals surface area contributed by atoms with Crippen molar-refractivity contribution in [2.24, 2.45) is 4.99 Å². The molecule has 0 spiro atoms. The molecule has 0 atom stereocenters. The standard InChI is InChI=1S/C16H11ClN2OS2/c1-2-9-19-12-5-3-4-6-13(12)22-16(19)18-15(20)10-11-7-8-14(17)21-11/h1,3-8H,9-10H2. The van der Waals surface area contributed by atoms with Gasteiger partial charge in [0.15, 0.2) is 4.80 Å². The van der Waals surface area contributed by atoms with Gasteiger partial charge in [0.2, 0.25) is 0 Å². The number of terminal acetylenes is 1. The van der Waals surface area contributed by atoms with Crippen molar-refractivity contribution in [2.45, 2.75) is 13.0 Å². The second kappa shape index (κ2) is 6.49. The van der Waals surface area contributed by atoms with Crippen molar-refractivity contribution >= 4 is 50.4 Å². The Morgan fingerprint density at radius 1 is 1.27 bits per heavy atom. The highest BCUT2D eigenvalue weighted by atomic mass is 35.5. The van der Waals surface area contributed by atoms with E-state index in [1.807, 2.05) is 34.9 Å². The van der Waals surface area contributed by atoms with Crippen LogP contribution < -0.4 is 4.80 Å². The van der Waals surface area contributed by atoms with Gasteiger partial charge in [0.1, 0.15) is 0 Å². The third-order valence-corrected chi connectivity index (χ3v) is 5.30. The fourth-order valence-electron chi connectivity index (χ4n) is 2.09. The van der Waals surface area contributed by atoms with Gasteiger partial charge in [-0.2, -0.15) is 4.99 Å². The van der Waals surface area contributed by atoms with Gasteiger partial charge >= 0.3 is 0 Å². The van der Waals surface area contributed by atoms with Crippen LogP contribution in [0.15, 0.2) is 41.4 Å². The van der Waals surface area contributed by atoms with Crippen LogP contribution in [-0.2, 0) is 17.8 Å². The van der Waals surface area contributed by atoms with E-state index in [0.717, 1.165) is 15.1 Å². The molecule has 0 N–H and O–H groups in total. The molecule has 0 unspecified atom stereocenters. The maximum Gasteiger partial charge on any atom is 0.253 e. The van der Waals surface area contributed by atoms with E-state index in [0.29, 0.717) is 15.7 Å². The predicted molar refractivity (Wildman–Crippen MR) is 92.3 cm³/mol. The lowest BCUT2D eigenvalue weighted by Crippen LogP contribution is -2.16. The molecule has 3 nitrogen and oxygen atoms in total. The number of thiazole rings is 1. The van der Waals surface area contributed by atoms with Crippen LogP contribution in [0.5, 0.6) is 0 Å². The zero-order chi connectivity index (χ0) is 15.5. The lowest BCUT2D eigenvalue weighted by atomic mass is 10.3. The van der Waals surface area contributed by atoms with Crippen LogP contribution in [0, 0.1) is 12.3 Å². The predicted octanol–water partition coefficient (Wildman–Crippen LogP) is 3.72. The highest BCUT2D eigenvalue weighted by Crippen LogP contribution is 2.22. The van der Waals surface area contributed by atoms with E-state index in [4.69, 9.17) is 18.0 Å². The molecule has 1 aromatic carbocycles. The van der Waals surface area contributed by atoms with Gasteiger partial charge in [-0.3, -0.25) is 4.79 Å². The first-order valence-corrected chi connectivity index (χ1v) is 8.52. The van der Waals surface area contributed by atoms with Crippen molar-refractivity contribution in [2.75, 3.05) is 0 Å². The number of hydrogen-bond donors (Lipinski definition) is 0. The number of benzene rings is 1. The average molecular weight is 347 g/mol. The van der Waals surface area contributed by atoms with Crippen molar-refractivity contribution in [1.29, 1.82) is 0 Å². The molecule has 1 amide bonds. The maximum absolute atomic E-state index is 12.2. The third-order valence-electron chi connectivity index (χ3n) is 3.01. The molecule has 0 aliphatic heterocycles. The Bertz CT molecular complexity index is 943. The summed E-state index contributed by atoms with van der Waals surface area (Å²) in [6, 6.07) is 11.5. The van der Waals surface area contributed by atoms with E-state index in [1.54, 1.807) is 6.07 Å². The van der Waals surface area contributed by atoms with Crippen molar-refractivity contribution in [3.05, 3.63) is 50.4 Å². The first-order chi connectivity index (χ1) is 10.7. The van der Waals surface area contributed by atoms with E-state index < -0.39 is 0 Å². The summed E-state index contributed by atoms with van der Waals surface area (Å²) in [4.78, 5) is 17.9. The molecule has 3 aromatic rings. The summed E-state index contributed by atoms with van der Waals surface area (Å²) < 4.78 is 3.62. The van der Waals surface area contributed by atoms with E-state index in [1.165, 1.54) is 22.7 Å². The number of rotatable bonds is 3. The van der Waals surface area contributed by atoms with Gasteiger partial charge < -0.3 is 4.57 Å². The summed E-state index contributed by atoms with van der Waals surface area (Å²) in [5, 5.41) is 0. The number of amides is 1. The Hall–Kier alpha value is -1.87. The quantitative estimate of drug-likeness (QED) is 0.665. The van der Waals surface area contributed by atoms with Gasteiger partial charge in [0.05, 0.1) is 27.5 Å². The number of thiophene rings is 1. The number of halogens is 1. The molecule has 0 bridgehead atoms. The van der Waals surface area contributed by atoms with Crippen LogP contribution in [0.3, 0.4) is 0 Å². The molecule has 0 radical (unpaired) electrons. The number of carbonyl (C=O) groups is 1. The molecule has 22 heavy (non-hydrogen) atoms. The van der Waals surface area contributed by atoms with Gasteiger partial charge in [-0.05, 0) is 24.3 Å². The molecule has 110 valence electrons. The fourth-order valence-corrected chi connectivity index (χ4v) is 4.22. The zero-order valence-electron chi connectivity index (χ0n) is 11.5. The first-order valence-electron chi connectivity index (χ1n) is 6.51. The number of aromatic nitrogens is 1. The molecule has 0 saturated carbocycles. The molecule has 6 heteroatoms. The van der Waals surface area contributed by atoms with Crippen LogP contribution in [0.2, 0.25) is 4.34 Å². The Balaban J connectivity index is 1.99. The third kappa shape index (κ3) is 3.14. The van der Waals surface area contributed by atoms with E-state index in [2.05, 4.69) is 10.9 Å². The lowest BCUT2D eigenvalue weighted by molar-refractivity contribution is -0.117. The summed E-state index contributed by atoms with van der Waals surface area (Å²) in [6.07, 6.45) is 5.68. The van der Waals surface area contributed by atoms with Crippen molar-refractivity contribution in [1.82, 2.24) is 4.57 Å². The number of nitrogens with zero attached hydrogens (tertiary/aromatic N) is 2. The second-order valence-corrected chi connectivity index (χ2v) is 7.34. The topological polar surface area (TPSA) is 34.4 Å². The number of fused-ring (bicyclic) bond motifs is 1. The van der Waals surface area contributed by atoms with Gasteiger partial charge in [-0.1, -0.05) is 41.0 Å². The lowest BCUT2D eigenvalue weighted by Gasteiger charge is -1.98. The monoisotopic (exact) mass is 346 g/mol. The fraction of sp³-hybridized carbons (Fsp3) is 0.125. The van der Waals surface area contributed by atoms with E-state index in [9.17, 15) is 4.79 Å². The number of hydrogen-bond acceptors (Lipinski definition) is 3. The molecule has 0 aliphatic carbocycles. The minimum absolute atomic E-state index is 0.198. The van der Waals surface area contributed by atoms with E-state index >= 15 is 0 Å². The minimum atomic E-state index is -0.198. The Morgan fingerprint density at radius 3 is 2.82 bits per heavy atom. The molecular weight excluding hydrogens is 336 g/mol. The van der Waals surface area contributed by atoms with Crippen LogP contribution in [0.25, 0.3) is 10.2 Å². The molecule has 0 fully saturated rings. The highest BCUT2D eigenvalue weighted by molar-refractivity contribution is 7.16. The first kappa shape index (κ1) is 15.0. The number of para-hydroxylation sites is 1. The van der Waals surface area contributed by atoms with Crippen LogP contribution in [0.1, 0.15) is 4.88 Å². The van der Waals surface area contributed by atoms with Crippen LogP contribution >= 0.6 is 34.3 Å². The summed E-state index contributed by atoms with van der Waals surface area (Å²) in [7, 11) is 0. The molecule has 3 rings (SSSR count). The van der Waals surface area contributed by atoms with Crippen molar-refractivity contribution in [3.8, 4) is 12.3 Å². The largest absolute Gasteiger partial charge is 0.305 e. The van der Waals surface area contributed by atoms with Crippen LogP contribution in [0.4, 0.5) is 0 Å². The van der Waals surface area contributed by atoms with Gasteiger partial charge in [-0.25, -0.2) is 0 Å². The summed E-state index contributed by atoms with van der Waals surface area (Å²) in [6.45, 7) is 0.390. The van der Waals surface area contributed by atoms with Gasteiger partial charge in [0, 0.05) is 4.88 Å². The second-order valence-electron chi connectivity index (χ2n) is 4.53. The SMILES string of the molecule is C#CCn1c(=NC(=O)Cc2ccc(Cl)s2)sc2ccccc21. The highest BCUT2D eigenvalue weighted by Gasteiger charge is 2.08. The molecule has 0 saturated heterocycles.